The summed E-state index contributed by atoms with van der Waals surface area (Å²) < 4.78 is 5.99. The highest BCUT2D eigenvalue weighted by atomic mass is 16.5. The van der Waals surface area contributed by atoms with E-state index in [2.05, 4.69) is 26.1 Å². The minimum absolute atomic E-state index is 0.369. The smallest absolute Gasteiger partial charge is 0.0675 e. The zero-order valence-corrected chi connectivity index (χ0v) is 10.6. The fraction of sp³-hybridized carbons (Fsp3) is 1.00. The van der Waals surface area contributed by atoms with Crippen LogP contribution in [0.1, 0.15) is 59.3 Å². The Morgan fingerprint density at radius 1 is 1.20 bits per heavy atom. The van der Waals surface area contributed by atoms with Crippen LogP contribution in [0.3, 0.4) is 0 Å². The van der Waals surface area contributed by atoms with Crippen LogP contribution in [0.15, 0.2) is 0 Å². The maximum Gasteiger partial charge on any atom is 0.0675 e. The minimum atomic E-state index is 0.369. The van der Waals surface area contributed by atoms with Crippen LogP contribution in [0.5, 0.6) is 0 Å². The van der Waals surface area contributed by atoms with E-state index in [1.54, 1.807) is 0 Å². The van der Waals surface area contributed by atoms with Crippen LogP contribution in [0, 0.1) is 0 Å². The molecule has 0 saturated heterocycles. The molecule has 0 bridgehead atoms. The number of hydrogen-bond donors (Lipinski definition) is 1. The van der Waals surface area contributed by atoms with Gasteiger partial charge in [0, 0.05) is 12.6 Å². The van der Waals surface area contributed by atoms with Crippen molar-refractivity contribution in [1.82, 2.24) is 5.32 Å². The Kier molecular flexibility index (Phi) is 6.26. The van der Waals surface area contributed by atoms with Gasteiger partial charge in [-0.25, -0.2) is 0 Å². The summed E-state index contributed by atoms with van der Waals surface area (Å²) in [6, 6.07) is 0.666. The third-order valence-corrected chi connectivity index (χ3v) is 3.41. The average Bonchev–Trinajstić information content (AvgIpc) is 2.72. The van der Waals surface area contributed by atoms with Crippen LogP contribution in [-0.2, 0) is 4.74 Å². The lowest BCUT2D eigenvalue weighted by Crippen LogP contribution is -2.36. The molecule has 90 valence electrons. The van der Waals surface area contributed by atoms with Crippen molar-refractivity contribution in [3.8, 4) is 0 Å². The summed E-state index contributed by atoms with van der Waals surface area (Å²) in [5, 5.41) is 3.57. The second-order valence-electron chi connectivity index (χ2n) is 4.77. The molecule has 0 aromatic heterocycles. The first-order valence-electron chi connectivity index (χ1n) is 6.65. The van der Waals surface area contributed by atoms with Gasteiger partial charge in [-0.05, 0) is 32.6 Å². The lowest BCUT2D eigenvalue weighted by Gasteiger charge is -2.22. The van der Waals surface area contributed by atoms with E-state index in [1.807, 2.05) is 0 Å². The van der Waals surface area contributed by atoms with E-state index >= 15 is 0 Å². The molecule has 0 heterocycles. The predicted octanol–water partition coefficient (Wildman–Crippen LogP) is 3.11. The standard InChI is InChI=1S/C13H27NO/c1-4-12(5-2)14-10-11(3)15-13-8-6-7-9-13/h11-14H,4-10H2,1-3H3. The molecule has 1 unspecified atom stereocenters. The Hall–Kier alpha value is -0.0800. The third-order valence-electron chi connectivity index (χ3n) is 3.41. The molecule has 0 aromatic rings. The third kappa shape index (κ3) is 4.98. The molecule has 1 aliphatic rings. The minimum Gasteiger partial charge on any atom is -0.374 e. The first-order valence-corrected chi connectivity index (χ1v) is 6.65. The van der Waals surface area contributed by atoms with Gasteiger partial charge >= 0.3 is 0 Å². The van der Waals surface area contributed by atoms with Gasteiger partial charge in [-0.3, -0.25) is 0 Å². The molecular weight excluding hydrogens is 186 g/mol. The van der Waals surface area contributed by atoms with Crippen LogP contribution in [-0.4, -0.2) is 24.8 Å². The van der Waals surface area contributed by atoms with E-state index < -0.39 is 0 Å². The maximum absolute atomic E-state index is 5.99. The second kappa shape index (κ2) is 7.24. The molecule has 0 aromatic carbocycles. The van der Waals surface area contributed by atoms with Gasteiger partial charge in [-0.2, -0.15) is 0 Å². The summed E-state index contributed by atoms with van der Waals surface area (Å²) in [5.74, 6) is 0. The van der Waals surface area contributed by atoms with Crippen molar-refractivity contribution in [2.24, 2.45) is 0 Å². The fourth-order valence-corrected chi connectivity index (χ4v) is 2.31. The van der Waals surface area contributed by atoms with Gasteiger partial charge in [0.25, 0.3) is 0 Å². The molecule has 0 radical (unpaired) electrons. The first-order chi connectivity index (χ1) is 7.26. The summed E-state index contributed by atoms with van der Waals surface area (Å²) in [4.78, 5) is 0. The fourth-order valence-electron chi connectivity index (χ4n) is 2.31. The quantitative estimate of drug-likeness (QED) is 0.701. The summed E-state index contributed by atoms with van der Waals surface area (Å²) >= 11 is 0. The van der Waals surface area contributed by atoms with Crippen molar-refractivity contribution >= 4 is 0 Å². The predicted molar refractivity (Wildman–Crippen MR) is 65.2 cm³/mol. The molecule has 2 nitrogen and oxygen atoms in total. The number of ether oxygens (including phenoxy) is 1. The lowest BCUT2D eigenvalue weighted by atomic mass is 10.1. The number of nitrogens with one attached hydrogen (secondary N) is 1. The van der Waals surface area contributed by atoms with E-state index in [1.165, 1.54) is 38.5 Å². The van der Waals surface area contributed by atoms with Crippen LogP contribution >= 0.6 is 0 Å². The second-order valence-corrected chi connectivity index (χ2v) is 4.77. The molecule has 0 amide bonds. The molecular formula is C13H27NO. The highest BCUT2D eigenvalue weighted by molar-refractivity contribution is 4.70. The maximum atomic E-state index is 5.99. The number of hydrogen-bond acceptors (Lipinski definition) is 2. The molecule has 15 heavy (non-hydrogen) atoms. The molecule has 1 N–H and O–H groups in total. The van der Waals surface area contributed by atoms with E-state index in [-0.39, 0.29) is 0 Å². The van der Waals surface area contributed by atoms with Crippen molar-refractivity contribution in [3.63, 3.8) is 0 Å². The van der Waals surface area contributed by atoms with Gasteiger partial charge in [-0.15, -0.1) is 0 Å². The topological polar surface area (TPSA) is 21.3 Å². The Morgan fingerprint density at radius 2 is 1.80 bits per heavy atom. The van der Waals surface area contributed by atoms with Crippen molar-refractivity contribution < 1.29 is 4.74 Å². The van der Waals surface area contributed by atoms with Crippen LogP contribution in [0.2, 0.25) is 0 Å². The number of rotatable bonds is 7. The Morgan fingerprint density at radius 3 is 2.33 bits per heavy atom. The van der Waals surface area contributed by atoms with Crippen molar-refractivity contribution in [2.75, 3.05) is 6.54 Å². The van der Waals surface area contributed by atoms with Gasteiger partial charge in [0.15, 0.2) is 0 Å². The van der Waals surface area contributed by atoms with E-state index in [0.29, 0.717) is 18.2 Å². The first kappa shape index (κ1) is 13.0. The van der Waals surface area contributed by atoms with Gasteiger partial charge in [0.1, 0.15) is 0 Å². The monoisotopic (exact) mass is 213 g/mol. The van der Waals surface area contributed by atoms with Gasteiger partial charge in [0.05, 0.1) is 12.2 Å². The van der Waals surface area contributed by atoms with Gasteiger partial charge < -0.3 is 10.1 Å². The van der Waals surface area contributed by atoms with Gasteiger partial charge in [-0.1, -0.05) is 26.7 Å². The molecule has 0 spiro atoms. The van der Waals surface area contributed by atoms with E-state index in [9.17, 15) is 0 Å². The van der Waals surface area contributed by atoms with Crippen LogP contribution < -0.4 is 5.32 Å². The molecule has 1 saturated carbocycles. The Labute approximate surface area is 94.8 Å². The van der Waals surface area contributed by atoms with E-state index in [4.69, 9.17) is 4.74 Å². The van der Waals surface area contributed by atoms with E-state index in [0.717, 1.165) is 6.54 Å². The SMILES string of the molecule is CCC(CC)NCC(C)OC1CCCC1. The average molecular weight is 213 g/mol. The normalized spacial score (nSPS) is 20.0. The molecule has 1 fully saturated rings. The van der Waals surface area contributed by atoms with Gasteiger partial charge in [0.2, 0.25) is 0 Å². The summed E-state index contributed by atoms with van der Waals surface area (Å²) in [5.41, 5.74) is 0. The van der Waals surface area contributed by atoms with Crippen molar-refractivity contribution in [2.45, 2.75) is 77.5 Å². The van der Waals surface area contributed by atoms with Crippen LogP contribution in [0.4, 0.5) is 0 Å². The molecule has 0 aliphatic heterocycles. The Bertz CT molecular complexity index is 151. The largest absolute Gasteiger partial charge is 0.374 e. The lowest BCUT2D eigenvalue weighted by molar-refractivity contribution is 0.00176. The summed E-state index contributed by atoms with van der Waals surface area (Å²) in [7, 11) is 0. The highest BCUT2D eigenvalue weighted by Gasteiger charge is 2.18. The van der Waals surface area contributed by atoms with Crippen LogP contribution in [0.25, 0.3) is 0 Å². The summed E-state index contributed by atoms with van der Waals surface area (Å²) in [6.07, 6.45) is 8.61. The van der Waals surface area contributed by atoms with Crippen molar-refractivity contribution in [3.05, 3.63) is 0 Å². The molecule has 2 heteroatoms. The zero-order valence-electron chi connectivity index (χ0n) is 10.6. The zero-order chi connectivity index (χ0) is 11.1. The molecule has 1 rings (SSSR count). The highest BCUT2D eigenvalue weighted by Crippen LogP contribution is 2.21. The summed E-state index contributed by atoms with van der Waals surface area (Å²) in [6.45, 7) is 7.67. The molecule has 1 atom stereocenters. The molecule has 1 aliphatic carbocycles. The van der Waals surface area contributed by atoms with Crippen molar-refractivity contribution in [1.29, 1.82) is 0 Å². The Balaban J connectivity index is 2.09.